The fourth-order valence-electron chi connectivity index (χ4n) is 1.82. The minimum Gasteiger partial charge on any atom is -0.468 e. The summed E-state index contributed by atoms with van der Waals surface area (Å²) in [5.74, 6) is 0.819. The summed E-state index contributed by atoms with van der Waals surface area (Å²) in [6, 6.07) is 6.93. The second kappa shape index (κ2) is 6.72. The van der Waals surface area contributed by atoms with Gasteiger partial charge in [0, 0.05) is 24.6 Å². The van der Waals surface area contributed by atoms with E-state index in [0.29, 0.717) is 12.2 Å². The largest absolute Gasteiger partial charge is 0.468 e. The number of anilines is 1. The molecular formula is C14H18N4O2. The number of pyridine rings is 1. The summed E-state index contributed by atoms with van der Waals surface area (Å²) in [6.07, 6.45) is 4.88. The van der Waals surface area contributed by atoms with E-state index in [4.69, 9.17) is 4.42 Å². The van der Waals surface area contributed by atoms with Crippen LogP contribution < -0.4 is 10.6 Å². The average Bonchev–Trinajstić information content (AvgIpc) is 2.93. The van der Waals surface area contributed by atoms with Crippen LogP contribution in [0.2, 0.25) is 0 Å². The van der Waals surface area contributed by atoms with Crippen LogP contribution >= 0.6 is 0 Å². The molecule has 0 bridgehead atoms. The highest BCUT2D eigenvalue weighted by Gasteiger charge is 2.17. The van der Waals surface area contributed by atoms with E-state index in [1.807, 2.05) is 31.1 Å². The van der Waals surface area contributed by atoms with Gasteiger partial charge in [0.25, 0.3) is 0 Å². The molecule has 0 spiro atoms. The van der Waals surface area contributed by atoms with Gasteiger partial charge in [-0.2, -0.15) is 0 Å². The van der Waals surface area contributed by atoms with Crippen LogP contribution in [0, 0.1) is 0 Å². The molecule has 0 saturated heterocycles. The van der Waals surface area contributed by atoms with Gasteiger partial charge in [-0.3, -0.25) is 9.88 Å². The number of likely N-dealkylation sites (N-methyl/N-ethyl adjacent to an activating group) is 1. The van der Waals surface area contributed by atoms with E-state index in [1.165, 1.54) is 0 Å². The van der Waals surface area contributed by atoms with E-state index in [2.05, 4.69) is 15.6 Å². The molecule has 2 heterocycles. The summed E-state index contributed by atoms with van der Waals surface area (Å²) in [5, 5.41) is 5.57. The highest BCUT2D eigenvalue weighted by Crippen LogP contribution is 2.17. The third-order valence-electron chi connectivity index (χ3n) is 2.89. The fraction of sp³-hybridized carbons (Fsp3) is 0.286. The normalized spacial score (nSPS) is 12.2. The number of carbonyl (C=O) groups is 1. The Morgan fingerprint density at radius 3 is 2.70 bits per heavy atom. The number of hydrogen-bond acceptors (Lipinski definition) is 4. The van der Waals surface area contributed by atoms with Crippen molar-refractivity contribution in [3.63, 3.8) is 0 Å². The molecule has 0 radical (unpaired) electrons. The van der Waals surface area contributed by atoms with Gasteiger partial charge in [-0.15, -0.1) is 0 Å². The van der Waals surface area contributed by atoms with E-state index in [9.17, 15) is 4.79 Å². The van der Waals surface area contributed by atoms with Crippen molar-refractivity contribution in [2.24, 2.45) is 0 Å². The van der Waals surface area contributed by atoms with E-state index in [0.717, 1.165) is 5.76 Å². The van der Waals surface area contributed by atoms with Crippen molar-refractivity contribution in [2.75, 3.05) is 26.0 Å². The predicted molar refractivity (Wildman–Crippen MR) is 76.4 cm³/mol. The number of amides is 2. The number of nitrogens with one attached hydrogen (secondary N) is 2. The van der Waals surface area contributed by atoms with Crippen molar-refractivity contribution in [3.05, 3.63) is 48.7 Å². The molecule has 0 fully saturated rings. The predicted octanol–water partition coefficient (Wildman–Crippen LogP) is 2.10. The van der Waals surface area contributed by atoms with Crippen LogP contribution in [0.1, 0.15) is 11.8 Å². The van der Waals surface area contributed by atoms with Crippen LogP contribution in [0.15, 0.2) is 47.3 Å². The Balaban J connectivity index is 1.88. The van der Waals surface area contributed by atoms with Gasteiger partial charge < -0.3 is 15.1 Å². The van der Waals surface area contributed by atoms with Crippen molar-refractivity contribution in [1.29, 1.82) is 0 Å². The van der Waals surface area contributed by atoms with E-state index in [1.54, 1.807) is 30.8 Å². The third kappa shape index (κ3) is 3.83. The molecule has 2 rings (SSSR count). The van der Waals surface area contributed by atoms with Crippen LogP contribution in [0.4, 0.5) is 10.5 Å². The highest BCUT2D eigenvalue weighted by atomic mass is 16.3. The number of urea groups is 1. The number of hydrogen-bond donors (Lipinski definition) is 2. The summed E-state index contributed by atoms with van der Waals surface area (Å²) in [4.78, 5) is 17.7. The first-order valence-electron chi connectivity index (χ1n) is 6.31. The Labute approximate surface area is 117 Å². The van der Waals surface area contributed by atoms with Gasteiger partial charge in [-0.25, -0.2) is 4.79 Å². The van der Waals surface area contributed by atoms with Gasteiger partial charge in [-0.1, -0.05) is 0 Å². The molecule has 6 heteroatoms. The van der Waals surface area contributed by atoms with E-state index < -0.39 is 0 Å². The van der Waals surface area contributed by atoms with Crippen LogP contribution in [0.25, 0.3) is 0 Å². The highest BCUT2D eigenvalue weighted by molar-refractivity contribution is 5.89. The molecule has 106 valence electrons. The molecule has 2 N–H and O–H groups in total. The second-order valence-electron chi connectivity index (χ2n) is 4.57. The van der Waals surface area contributed by atoms with Crippen molar-refractivity contribution >= 4 is 11.7 Å². The molecule has 0 aliphatic rings. The van der Waals surface area contributed by atoms with Crippen LogP contribution in [0.3, 0.4) is 0 Å². The van der Waals surface area contributed by atoms with E-state index in [-0.39, 0.29) is 12.1 Å². The fourth-order valence-corrected chi connectivity index (χ4v) is 1.82. The number of carbonyl (C=O) groups excluding carboxylic acids is 1. The first kappa shape index (κ1) is 14.1. The first-order chi connectivity index (χ1) is 9.66. The lowest BCUT2D eigenvalue weighted by atomic mass is 10.2. The molecule has 0 saturated carbocycles. The van der Waals surface area contributed by atoms with Gasteiger partial charge in [0.1, 0.15) is 5.76 Å². The Morgan fingerprint density at radius 1 is 1.35 bits per heavy atom. The number of furan rings is 1. The molecule has 2 aromatic heterocycles. The van der Waals surface area contributed by atoms with E-state index >= 15 is 0 Å². The Morgan fingerprint density at radius 2 is 2.10 bits per heavy atom. The molecule has 0 aliphatic carbocycles. The van der Waals surface area contributed by atoms with Crippen molar-refractivity contribution in [1.82, 2.24) is 15.2 Å². The van der Waals surface area contributed by atoms with Crippen LogP contribution in [-0.2, 0) is 0 Å². The Kier molecular flexibility index (Phi) is 4.73. The summed E-state index contributed by atoms with van der Waals surface area (Å²) >= 11 is 0. The lowest BCUT2D eigenvalue weighted by Gasteiger charge is -2.22. The van der Waals surface area contributed by atoms with Gasteiger partial charge in [0.15, 0.2) is 0 Å². The SMILES string of the molecule is CN(C)[C@@H](CNC(=O)Nc1ccncc1)c1ccco1. The molecular weight excluding hydrogens is 256 g/mol. The summed E-state index contributed by atoms with van der Waals surface area (Å²) in [5.41, 5.74) is 0.705. The topological polar surface area (TPSA) is 70.4 Å². The quantitative estimate of drug-likeness (QED) is 0.876. The van der Waals surface area contributed by atoms with Crippen LogP contribution in [-0.4, -0.2) is 36.6 Å². The standard InChI is InChI=1S/C14H18N4O2/c1-18(2)12(13-4-3-9-20-13)10-16-14(19)17-11-5-7-15-8-6-11/h3-9,12H,10H2,1-2H3,(H2,15,16,17,19)/t12-/m0/s1. The number of aromatic nitrogens is 1. The minimum atomic E-state index is -0.255. The second-order valence-corrected chi connectivity index (χ2v) is 4.57. The molecule has 20 heavy (non-hydrogen) atoms. The molecule has 6 nitrogen and oxygen atoms in total. The van der Waals surface area contributed by atoms with Crippen molar-refractivity contribution in [3.8, 4) is 0 Å². The Bertz CT molecular complexity index is 525. The molecule has 1 atom stereocenters. The molecule has 2 aromatic rings. The Hall–Kier alpha value is -2.34. The zero-order chi connectivity index (χ0) is 14.4. The van der Waals surface area contributed by atoms with Gasteiger partial charge in [-0.05, 0) is 38.4 Å². The summed E-state index contributed by atoms with van der Waals surface area (Å²) in [6.45, 7) is 0.456. The maximum absolute atomic E-state index is 11.8. The zero-order valence-corrected chi connectivity index (χ0v) is 11.5. The minimum absolute atomic E-state index is 0.00631. The lowest BCUT2D eigenvalue weighted by molar-refractivity contribution is 0.233. The lowest BCUT2D eigenvalue weighted by Crippen LogP contribution is -2.36. The summed E-state index contributed by atoms with van der Waals surface area (Å²) in [7, 11) is 3.88. The van der Waals surface area contributed by atoms with Gasteiger partial charge >= 0.3 is 6.03 Å². The maximum Gasteiger partial charge on any atom is 0.319 e. The van der Waals surface area contributed by atoms with Crippen molar-refractivity contribution < 1.29 is 9.21 Å². The first-order valence-corrected chi connectivity index (χ1v) is 6.31. The molecule has 0 unspecified atom stereocenters. The van der Waals surface area contributed by atoms with Crippen LogP contribution in [0.5, 0.6) is 0 Å². The third-order valence-corrected chi connectivity index (χ3v) is 2.89. The molecule has 2 amide bonds. The summed E-state index contributed by atoms with van der Waals surface area (Å²) < 4.78 is 5.39. The smallest absolute Gasteiger partial charge is 0.319 e. The van der Waals surface area contributed by atoms with Gasteiger partial charge in [0.2, 0.25) is 0 Å². The number of nitrogens with zero attached hydrogens (tertiary/aromatic N) is 2. The zero-order valence-electron chi connectivity index (χ0n) is 11.5. The molecule has 0 aliphatic heterocycles. The van der Waals surface area contributed by atoms with Gasteiger partial charge in [0.05, 0.1) is 12.3 Å². The maximum atomic E-state index is 11.8. The monoisotopic (exact) mass is 274 g/mol. The number of rotatable bonds is 5. The average molecular weight is 274 g/mol. The molecule has 0 aromatic carbocycles. The van der Waals surface area contributed by atoms with Crippen molar-refractivity contribution in [2.45, 2.75) is 6.04 Å².